The maximum absolute atomic E-state index is 13.2. The smallest absolute Gasteiger partial charge is 0.407 e. The Labute approximate surface area is 195 Å². The second kappa shape index (κ2) is 9.04. The summed E-state index contributed by atoms with van der Waals surface area (Å²) in [4.78, 5) is 38.0. The number of halogens is 2. The van der Waals surface area contributed by atoms with Crippen LogP contribution in [0.5, 0.6) is 0 Å². The molecule has 2 atom stereocenters. The highest BCUT2D eigenvalue weighted by Crippen LogP contribution is 2.44. The summed E-state index contributed by atoms with van der Waals surface area (Å²) in [6.45, 7) is 3.41. The molecule has 1 aliphatic carbocycles. The van der Waals surface area contributed by atoms with Gasteiger partial charge in [0.25, 0.3) is 0 Å². The third-order valence-electron chi connectivity index (χ3n) is 6.49. The normalized spacial score (nSPS) is 19.1. The summed E-state index contributed by atoms with van der Waals surface area (Å²) in [5.41, 5.74) is 3.37. The molecular formula is C25H26F2N2O5. The molecule has 0 spiro atoms. The number of amides is 2. The molecule has 1 fully saturated rings. The molecule has 4 rings (SSSR count). The Hall–Kier alpha value is -3.49. The van der Waals surface area contributed by atoms with Crippen molar-refractivity contribution in [3.05, 3.63) is 59.7 Å². The van der Waals surface area contributed by atoms with Crippen molar-refractivity contribution in [2.45, 2.75) is 44.7 Å². The molecule has 180 valence electrons. The van der Waals surface area contributed by atoms with Crippen molar-refractivity contribution in [3.8, 4) is 11.1 Å². The van der Waals surface area contributed by atoms with E-state index in [2.05, 4.69) is 5.32 Å². The van der Waals surface area contributed by atoms with Gasteiger partial charge in [-0.15, -0.1) is 0 Å². The van der Waals surface area contributed by atoms with Gasteiger partial charge in [0.15, 0.2) is 0 Å². The van der Waals surface area contributed by atoms with E-state index in [1.165, 1.54) is 0 Å². The third-order valence-corrected chi connectivity index (χ3v) is 6.49. The fraction of sp³-hybridized carbons (Fsp3) is 0.400. The van der Waals surface area contributed by atoms with Crippen LogP contribution in [0, 0.1) is 5.41 Å². The van der Waals surface area contributed by atoms with Crippen molar-refractivity contribution < 1.29 is 33.0 Å². The Bertz CT molecular complexity index is 1070. The van der Waals surface area contributed by atoms with Crippen molar-refractivity contribution in [2.24, 2.45) is 5.41 Å². The minimum absolute atomic E-state index is 0.0378. The topological polar surface area (TPSA) is 95.9 Å². The minimum atomic E-state index is -2.87. The molecule has 2 unspecified atom stereocenters. The van der Waals surface area contributed by atoms with Crippen molar-refractivity contribution in [3.63, 3.8) is 0 Å². The number of benzene rings is 2. The molecule has 0 saturated carbocycles. The number of carboxylic acid groups (broad SMARTS) is 1. The summed E-state index contributed by atoms with van der Waals surface area (Å²) >= 11 is 0. The average Bonchev–Trinajstić information content (AvgIpc) is 3.08. The van der Waals surface area contributed by atoms with Gasteiger partial charge in [0.2, 0.25) is 12.3 Å². The molecule has 9 heteroatoms. The van der Waals surface area contributed by atoms with E-state index in [0.29, 0.717) is 0 Å². The lowest BCUT2D eigenvalue weighted by molar-refractivity contribution is -0.173. The second-order valence-electron chi connectivity index (χ2n) is 9.34. The van der Waals surface area contributed by atoms with Gasteiger partial charge in [-0.25, -0.2) is 18.4 Å². The van der Waals surface area contributed by atoms with Gasteiger partial charge < -0.3 is 20.1 Å². The standard InChI is InChI=1S/C25H26F2N2O5/c1-25(2)13-29(21(25)23(31)32)22(30)19(11-20(26)27)28-24(33)34-12-18-16-9-5-3-7-14(16)15-8-4-6-10-17(15)18/h3-10,18-21H,11-13H2,1-2H3,(H,28,33)(H,31,32). The number of nitrogens with one attached hydrogen (secondary N) is 1. The third kappa shape index (κ3) is 4.34. The molecular weight excluding hydrogens is 446 g/mol. The maximum Gasteiger partial charge on any atom is 0.407 e. The molecule has 2 aromatic carbocycles. The largest absolute Gasteiger partial charge is 0.480 e. The highest BCUT2D eigenvalue weighted by molar-refractivity contribution is 5.91. The summed E-state index contributed by atoms with van der Waals surface area (Å²) in [6.07, 6.45) is -4.82. The van der Waals surface area contributed by atoms with Gasteiger partial charge in [0.05, 0.1) is 0 Å². The number of alkyl carbamates (subject to hydrolysis) is 1. The van der Waals surface area contributed by atoms with Gasteiger partial charge in [-0.3, -0.25) is 4.79 Å². The van der Waals surface area contributed by atoms with Crippen LogP contribution >= 0.6 is 0 Å². The van der Waals surface area contributed by atoms with Gasteiger partial charge in [-0.2, -0.15) is 0 Å². The summed E-state index contributed by atoms with van der Waals surface area (Å²) < 4.78 is 31.7. The lowest BCUT2D eigenvalue weighted by Crippen LogP contribution is -2.69. The van der Waals surface area contributed by atoms with Gasteiger partial charge in [0.1, 0.15) is 18.7 Å². The van der Waals surface area contributed by atoms with Gasteiger partial charge in [0, 0.05) is 24.3 Å². The van der Waals surface area contributed by atoms with E-state index in [1.807, 2.05) is 48.5 Å². The molecule has 7 nitrogen and oxygen atoms in total. The summed E-state index contributed by atoms with van der Waals surface area (Å²) in [7, 11) is 0. The van der Waals surface area contributed by atoms with Crippen LogP contribution in [0.3, 0.4) is 0 Å². The molecule has 2 aromatic rings. The highest BCUT2D eigenvalue weighted by Gasteiger charge is 2.53. The quantitative estimate of drug-likeness (QED) is 0.638. The van der Waals surface area contributed by atoms with Crippen LogP contribution in [-0.2, 0) is 14.3 Å². The van der Waals surface area contributed by atoms with Crippen LogP contribution in [0.2, 0.25) is 0 Å². The average molecular weight is 472 g/mol. The first-order valence-corrected chi connectivity index (χ1v) is 11.0. The number of carbonyl (C=O) groups excluding carboxylic acids is 2. The number of likely N-dealkylation sites (tertiary alicyclic amines) is 1. The zero-order valence-corrected chi connectivity index (χ0v) is 18.8. The summed E-state index contributed by atoms with van der Waals surface area (Å²) in [6, 6.07) is 12.8. The summed E-state index contributed by atoms with van der Waals surface area (Å²) in [5, 5.41) is 11.7. The second-order valence-corrected chi connectivity index (χ2v) is 9.34. The van der Waals surface area contributed by atoms with Crippen molar-refractivity contribution in [1.29, 1.82) is 0 Å². The van der Waals surface area contributed by atoms with E-state index in [-0.39, 0.29) is 19.1 Å². The van der Waals surface area contributed by atoms with E-state index < -0.39 is 48.3 Å². The number of hydrogen-bond donors (Lipinski definition) is 2. The Balaban J connectivity index is 1.44. The predicted molar refractivity (Wildman–Crippen MR) is 120 cm³/mol. The lowest BCUT2D eigenvalue weighted by Gasteiger charge is -2.52. The van der Waals surface area contributed by atoms with Crippen LogP contribution in [-0.4, -0.2) is 59.6 Å². The number of rotatable bonds is 7. The zero-order chi connectivity index (χ0) is 24.6. The van der Waals surface area contributed by atoms with Crippen LogP contribution < -0.4 is 5.32 Å². The minimum Gasteiger partial charge on any atom is -0.480 e. The molecule has 2 amide bonds. The van der Waals surface area contributed by atoms with Crippen LogP contribution in [0.15, 0.2) is 48.5 Å². The first-order chi connectivity index (χ1) is 16.1. The highest BCUT2D eigenvalue weighted by atomic mass is 19.3. The number of alkyl halides is 2. The Morgan fingerprint density at radius 2 is 1.65 bits per heavy atom. The van der Waals surface area contributed by atoms with E-state index in [1.54, 1.807) is 13.8 Å². The molecule has 34 heavy (non-hydrogen) atoms. The number of nitrogens with zero attached hydrogens (tertiary/aromatic N) is 1. The Morgan fingerprint density at radius 3 is 2.15 bits per heavy atom. The number of ether oxygens (including phenoxy) is 1. The Kier molecular flexibility index (Phi) is 6.29. The van der Waals surface area contributed by atoms with Crippen molar-refractivity contribution in [2.75, 3.05) is 13.2 Å². The van der Waals surface area contributed by atoms with E-state index in [4.69, 9.17) is 4.74 Å². The number of carboxylic acids is 1. The van der Waals surface area contributed by atoms with Gasteiger partial charge in [-0.1, -0.05) is 62.4 Å². The van der Waals surface area contributed by atoms with Crippen molar-refractivity contribution >= 4 is 18.0 Å². The molecule has 2 aliphatic rings. The molecule has 0 radical (unpaired) electrons. The number of aliphatic carboxylic acids is 1. The molecule has 1 saturated heterocycles. The first-order valence-electron chi connectivity index (χ1n) is 11.0. The zero-order valence-electron chi connectivity index (χ0n) is 18.8. The van der Waals surface area contributed by atoms with E-state index >= 15 is 0 Å². The molecule has 0 bridgehead atoms. The number of fused-ring (bicyclic) bond motifs is 3. The predicted octanol–water partition coefficient (Wildman–Crippen LogP) is 3.87. The van der Waals surface area contributed by atoms with Gasteiger partial charge in [-0.05, 0) is 22.3 Å². The molecule has 0 aromatic heterocycles. The SMILES string of the molecule is CC1(C)CN(C(=O)C(CC(F)F)NC(=O)OCC2c3ccccc3-c3ccccc32)C1C(=O)O. The monoisotopic (exact) mass is 472 g/mol. The fourth-order valence-corrected chi connectivity index (χ4v) is 4.98. The maximum atomic E-state index is 13.2. The van der Waals surface area contributed by atoms with Gasteiger partial charge >= 0.3 is 12.1 Å². The van der Waals surface area contributed by atoms with Crippen LogP contribution in [0.4, 0.5) is 13.6 Å². The molecule has 1 heterocycles. The lowest BCUT2D eigenvalue weighted by atomic mass is 9.74. The number of hydrogen-bond acceptors (Lipinski definition) is 4. The van der Waals surface area contributed by atoms with Crippen LogP contribution in [0.1, 0.15) is 37.3 Å². The van der Waals surface area contributed by atoms with E-state index in [0.717, 1.165) is 27.2 Å². The van der Waals surface area contributed by atoms with E-state index in [9.17, 15) is 28.3 Å². The Morgan fingerprint density at radius 1 is 1.09 bits per heavy atom. The van der Waals surface area contributed by atoms with Crippen LogP contribution in [0.25, 0.3) is 11.1 Å². The molecule has 1 aliphatic heterocycles. The van der Waals surface area contributed by atoms with Crippen molar-refractivity contribution in [1.82, 2.24) is 10.2 Å². The first kappa shape index (κ1) is 23.7. The summed E-state index contributed by atoms with van der Waals surface area (Å²) in [5.74, 6) is -2.31. The number of carbonyl (C=O) groups is 3. The molecule has 2 N–H and O–H groups in total. The fourth-order valence-electron chi connectivity index (χ4n) is 4.98.